The lowest BCUT2D eigenvalue weighted by Gasteiger charge is -2.33. The lowest BCUT2D eigenvalue weighted by Crippen LogP contribution is -2.35. The molecule has 5 nitrogen and oxygen atoms in total. The molecule has 1 fully saturated rings. The van der Waals surface area contributed by atoms with Gasteiger partial charge in [0.15, 0.2) is 16.7 Å². The molecule has 3 heterocycles. The van der Waals surface area contributed by atoms with Gasteiger partial charge in [0, 0.05) is 23.6 Å². The molecule has 4 rings (SSSR count). The van der Waals surface area contributed by atoms with E-state index in [1.807, 2.05) is 56.1 Å². The summed E-state index contributed by atoms with van der Waals surface area (Å²) in [6.45, 7) is 6.34. The number of methoxy groups -OCH3 is 1. The third-order valence-corrected chi connectivity index (χ3v) is 6.36. The van der Waals surface area contributed by atoms with E-state index in [-0.39, 0.29) is 18.2 Å². The fourth-order valence-corrected chi connectivity index (χ4v) is 5.31. The Morgan fingerprint density at radius 1 is 1.21 bits per heavy atom. The van der Waals surface area contributed by atoms with Crippen LogP contribution in [-0.2, 0) is 0 Å². The molecular weight excluding hydrogens is 370 g/mol. The van der Waals surface area contributed by atoms with Crippen molar-refractivity contribution in [3.05, 3.63) is 53.9 Å². The predicted octanol–water partition coefficient (Wildman–Crippen LogP) is 4.86. The summed E-state index contributed by atoms with van der Waals surface area (Å²) in [5, 5.41) is 1.12. The van der Waals surface area contributed by atoms with Gasteiger partial charge < -0.3 is 14.4 Å². The molecule has 0 aliphatic carbocycles. The quantitative estimate of drug-likeness (QED) is 0.697. The van der Waals surface area contributed by atoms with Gasteiger partial charge in [-0.2, -0.15) is 0 Å². The van der Waals surface area contributed by atoms with Crippen molar-refractivity contribution >= 4 is 16.9 Å². The van der Waals surface area contributed by atoms with Crippen LogP contribution in [0.3, 0.4) is 0 Å². The second kappa shape index (κ2) is 8.03. The van der Waals surface area contributed by atoms with E-state index < -0.39 is 0 Å². The number of hydrogen-bond donors (Lipinski definition) is 0. The van der Waals surface area contributed by atoms with Crippen molar-refractivity contribution in [3.63, 3.8) is 0 Å². The van der Waals surface area contributed by atoms with E-state index in [1.54, 1.807) is 7.11 Å². The number of rotatable bonds is 6. The maximum atomic E-state index is 6.25. The van der Waals surface area contributed by atoms with Crippen LogP contribution in [0.2, 0.25) is 0 Å². The molecule has 3 unspecified atom stereocenters. The highest BCUT2D eigenvalue weighted by Crippen LogP contribution is 2.51. The molecule has 0 N–H and O–H groups in total. The molecule has 6 heteroatoms. The Labute approximate surface area is 171 Å². The topological polar surface area (TPSA) is 47.0 Å². The molecule has 1 aromatic carbocycles. The molecule has 148 valence electrons. The number of pyridine rings is 1. The van der Waals surface area contributed by atoms with Gasteiger partial charge >= 0.3 is 0 Å². The molecule has 2 aliphatic heterocycles. The maximum Gasteiger partial charge on any atom is 0.166 e. The lowest BCUT2D eigenvalue weighted by molar-refractivity contribution is 0.209. The van der Waals surface area contributed by atoms with Gasteiger partial charge in [-0.3, -0.25) is 9.98 Å². The SMILES string of the molecule is CCC1CSC2=NC(c3ccccn3)C(c3cccc(OC)c3OC(C)C)N21. The fraction of sp³-hybridized carbons (Fsp3) is 0.455. The van der Waals surface area contributed by atoms with Crippen LogP contribution in [-0.4, -0.2) is 40.1 Å². The summed E-state index contributed by atoms with van der Waals surface area (Å²) in [7, 11) is 1.69. The standard InChI is InChI=1S/C22H27N3O2S/c1-5-15-13-28-22-24-19(17-10-6-7-12-23-17)20(25(15)22)16-9-8-11-18(26-4)21(16)27-14(2)3/h6-12,14-15,19-20H,5,13H2,1-4H3. The van der Waals surface area contributed by atoms with Crippen molar-refractivity contribution in [2.75, 3.05) is 12.9 Å². The molecule has 2 aromatic rings. The summed E-state index contributed by atoms with van der Waals surface area (Å²) in [5.74, 6) is 2.65. The van der Waals surface area contributed by atoms with E-state index in [0.717, 1.165) is 40.1 Å². The van der Waals surface area contributed by atoms with E-state index in [9.17, 15) is 0 Å². The van der Waals surface area contributed by atoms with Gasteiger partial charge in [0.25, 0.3) is 0 Å². The van der Waals surface area contributed by atoms with Crippen LogP contribution in [0, 0.1) is 0 Å². The molecular formula is C22H27N3O2S. The molecule has 2 aliphatic rings. The number of fused-ring (bicyclic) bond motifs is 1. The normalized spacial score (nSPS) is 23.7. The Morgan fingerprint density at radius 3 is 2.75 bits per heavy atom. The van der Waals surface area contributed by atoms with Gasteiger partial charge in [-0.1, -0.05) is 36.9 Å². The van der Waals surface area contributed by atoms with Crippen LogP contribution in [0.4, 0.5) is 0 Å². The van der Waals surface area contributed by atoms with Gasteiger partial charge in [0.2, 0.25) is 0 Å². The molecule has 0 spiro atoms. The Bertz CT molecular complexity index is 856. The van der Waals surface area contributed by atoms with Crippen LogP contribution in [0.5, 0.6) is 11.5 Å². The molecule has 1 aromatic heterocycles. The first-order valence-electron chi connectivity index (χ1n) is 9.87. The minimum absolute atomic E-state index is 0.0497. The summed E-state index contributed by atoms with van der Waals surface area (Å²) in [6, 6.07) is 12.7. The molecule has 0 amide bonds. The van der Waals surface area contributed by atoms with Crippen molar-refractivity contribution in [1.82, 2.24) is 9.88 Å². The lowest BCUT2D eigenvalue weighted by atomic mass is 9.94. The Hall–Kier alpha value is -2.21. The van der Waals surface area contributed by atoms with E-state index in [2.05, 4.69) is 28.9 Å². The monoisotopic (exact) mass is 397 g/mol. The summed E-state index contributed by atoms with van der Waals surface area (Å²) in [4.78, 5) is 12.2. The van der Waals surface area contributed by atoms with Gasteiger partial charge in [-0.05, 0) is 38.5 Å². The first-order valence-corrected chi connectivity index (χ1v) is 10.9. The van der Waals surface area contributed by atoms with Crippen LogP contribution in [0.25, 0.3) is 0 Å². The first kappa shape index (κ1) is 19.1. The van der Waals surface area contributed by atoms with Crippen LogP contribution in [0.1, 0.15) is 50.5 Å². The van der Waals surface area contributed by atoms with Crippen LogP contribution in [0.15, 0.2) is 47.6 Å². The highest BCUT2D eigenvalue weighted by Gasteiger charge is 2.46. The van der Waals surface area contributed by atoms with Gasteiger partial charge in [-0.25, -0.2) is 0 Å². The number of aliphatic imine (C=N–C) groups is 1. The van der Waals surface area contributed by atoms with Gasteiger partial charge in [0.05, 0.1) is 24.9 Å². The minimum Gasteiger partial charge on any atom is -0.493 e. The second-order valence-corrected chi connectivity index (χ2v) is 8.37. The number of nitrogens with zero attached hydrogens (tertiary/aromatic N) is 3. The van der Waals surface area contributed by atoms with E-state index >= 15 is 0 Å². The Kier molecular flexibility index (Phi) is 5.49. The zero-order chi connectivity index (χ0) is 19.7. The number of para-hydroxylation sites is 1. The van der Waals surface area contributed by atoms with E-state index in [0.29, 0.717) is 6.04 Å². The third-order valence-electron chi connectivity index (χ3n) is 5.23. The van der Waals surface area contributed by atoms with Crippen molar-refractivity contribution in [2.24, 2.45) is 4.99 Å². The molecule has 3 atom stereocenters. The zero-order valence-corrected chi connectivity index (χ0v) is 17.6. The first-order chi connectivity index (χ1) is 13.6. The smallest absolute Gasteiger partial charge is 0.166 e. The Balaban J connectivity index is 1.85. The largest absolute Gasteiger partial charge is 0.493 e. The minimum atomic E-state index is -0.0559. The molecule has 0 bridgehead atoms. The average molecular weight is 398 g/mol. The number of amidine groups is 1. The molecule has 0 radical (unpaired) electrons. The molecule has 1 saturated heterocycles. The van der Waals surface area contributed by atoms with Crippen molar-refractivity contribution in [3.8, 4) is 11.5 Å². The summed E-state index contributed by atoms with van der Waals surface area (Å²) >= 11 is 1.85. The summed E-state index contributed by atoms with van der Waals surface area (Å²) in [6.07, 6.45) is 2.99. The number of aromatic nitrogens is 1. The number of benzene rings is 1. The number of thioether (sulfide) groups is 1. The fourth-order valence-electron chi connectivity index (χ4n) is 3.98. The van der Waals surface area contributed by atoms with Gasteiger partial charge in [-0.15, -0.1) is 0 Å². The molecule has 28 heavy (non-hydrogen) atoms. The van der Waals surface area contributed by atoms with Crippen molar-refractivity contribution in [2.45, 2.75) is 51.4 Å². The Morgan fingerprint density at radius 2 is 2.07 bits per heavy atom. The maximum absolute atomic E-state index is 6.25. The van der Waals surface area contributed by atoms with E-state index in [4.69, 9.17) is 14.5 Å². The highest BCUT2D eigenvalue weighted by atomic mass is 32.2. The highest BCUT2D eigenvalue weighted by molar-refractivity contribution is 8.14. The average Bonchev–Trinajstić information content (AvgIpc) is 3.27. The number of hydrogen-bond acceptors (Lipinski definition) is 6. The van der Waals surface area contributed by atoms with Gasteiger partial charge in [0.1, 0.15) is 6.04 Å². The summed E-state index contributed by atoms with van der Waals surface area (Å²) < 4.78 is 11.9. The number of ether oxygens (including phenoxy) is 2. The third kappa shape index (κ3) is 3.34. The van der Waals surface area contributed by atoms with E-state index in [1.165, 1.54) is 0 Å². The van der Waals surface area contributed by atoms with Crippen molar-refractivity contribution < 1.29 is 9.47 Å². The molecule has 0 saturated carbocycles. The van der Waals surface area contributed by atoms with Crippen molar-refractivity contribution in [1.29, 1.82) is 0 Å². The van der Waals surface area contributed by atoms with Crippen LogP contribution >= 0.6 is 11.8 Å². The predicted molar refractivity (Wildman–Crippen MR) is 114 cm³/mol. The second-order valence-electron chi connectivity index (χ2n) is 7.38. The zero-order valence-electron chi connectivity index (χ0n) is 16.8. The summed E-state index contributed by atoms with van der Waals surface area (Å²) in [5.41, 5.74) is 2.10. The van der Waals surface area contributed by atoms with Crippen LogP contribution < -0.4 is 9.47 Å².